The number of anilines is 2. The van der Waals surface area contributed by atoms with Gasteiger partial charge < -0.3 is 20.5 Å². The molecule has 12 heteroatoms. The Hall–Kier alpha value is -2.62. The zero-order chi connectivity index (χ0) is 26.4. The van der Waals surface area contributed by atoms with E-state index in [0.29, 0.717) is 28.6 Å². The average molecular weight is 588 g/mol. The van der Waals surface area contributed by atoms with Crippen molar-refractivity contribution in [3.63, 3.8) is 0 Å². The molecule has 3 aromatic rings. The number of carbonyl (C=O) groups is 3. The third kappa shape index (κ3) is 6.57. The molecule has 0 atom stereocenters. The monoisotopic (exact) mass is 586 g/mol. The van der Waals surface area contributed by atoms with Crippen LogP contribution in [0.2, 0.25) is 20.1 Å². The molecule has 3 N–H and O–H groups in total. The Morgan fingerprint density at radius 1 is 0.889 bits per heavy atom. The van der Waals surface area contributed by atoms with Crippen molar-refractivity contribution in [2.24, 2.45) is 0 Å². The van der Waals surface area contributed by atoms with Crippen LogP contribution in [0.1, 0.15) is 27.6 Å². The van der Waals surface area contributed by atoms with Gasteiger partial charge in [0.25, 0.3) is 5.91 Å². The number of halogens is 4. The third-order valence-corrected chi connectivity index (χ3v) is 7.43. The number of ether oxygens (including phenoxy) is 1. The van der Waals surface area contributed by atoms with Gasteiger partial charge in [-0.05, 0) is 37.3 Å². The van der Waals surface area contributed by atoms with Crippen molar-refractivity contribution < 1.29 is 24.2 Å². The van der Waals surface area contributed by atoms with E-state index < -0.39 is 28.0 Å². The van der Waals surface area contributed by atoms with Gasteiger partial charge in [-0.15, -0.1) is 11.8 Å². The molecule has 0 aliphatic carbocycles. The van der Waals surface area contributed by atoms with Crippen LogP contribution in [0.4, 0.5) is 11.4 Å². The zero-order valence-corrected chi connectivity index (χ0v) is 22.4. The van der Waals surface area contributed by atoms with Crippen LogP contribution in [0.25, 0.3) is 0 Å². The molecular weight excluding hydrogens is 570 g/mol. The highest BCUT2D eigenvalue weighted by atomic mass is 35.5. The lowest BCUT2D eigenvalue weighted by Crippen LogP contribution is -2.18. The molecule has 7 nitrogen and oxygen atoms in total. The first-order valence-electron chi connectivity index (χ1n) is 10.3. The van der Waals surface area contributed by atoms with Crippen LogP contribution in [-0.4, -0.2) is 35.2 Å². The first kappa shape index (κ1) is 28.0. The molecule has 3 aromatic carbocycles. The molecule has 2 amide bonds. The Bertz CT molecular complexity index is 1340. The van der Waals surface area contributed by atoms with Crippen molar-refractivity contribution in [2.45, 2.75) is 11.8 Å². The number of nitrogens with one attached hydrogen (secondary N) is 2. The summed E-state index contributed by atoms with van der Waals surface area (Å²) in [6.07, 6.45) is 0. The largest absolute Gasteiger partial charge is 0.492 e. The van der Waals surface area contributed by atoms with Crippen LogP contribution in [0, 0.1) is 0 Å². The predicted molar refractivity (Wildman–Crippen MR) is 145 cm³/mol. The predicted octanol–water partition coefficient (Wildman–Crippen LogP) is 7.38. The van der Waals surface area contributed by atoms with Gasteiger partial charge in [0.2, 0.25) is 5.91 Å². The van der Waals surface area contributed by atoms with Crippen LogP contribution in [-0.2, 0) is 4.79 Å². The lowest BCUT2D eigenvalue weighted by atomic mass is 10.1. The molecule has 0 saturated carbocycles. The van der Waals surface area contributed by atoms with E-state index in [4.69, 9.17) is 51.1 Å². The standard InChI is InChI=1S/C24H18Cl4N2O5S/c1-2-35-15-9-4-3-8-14(15)30-16(31)11-36-13-7-5-6-12(10-13)29-23(32)17-18(24(33)34)20(26)22(28)21(27)19(17)25/h3-10H,2,11H2,1H3,(H,29,32)(H,30,31)(H,33,34). The summed E-state index contributed by atoms with van der Waals surface area (Å²) in [6.45, 7) is 2.32. The minimum atomic E-state index is -1.49. The van der Waals surface area contributed by atoms with E-state index in [-0.39, 0.29) is 26.7 Å². The summed E-state index contributed by atoms with van der Waals surface area (Å²) < 4.78 is 5.51. The number of para-hydroxylation sites is 2. The summed E-state index contributed by atoms with van der Waals surface area (Å²) in [7, 11) is 0. The summed E-state index contributed by atoms with van der Waals surface area (Å²) >= 11 is 25.4. The van der Waals surface area contributed by atoms with Crippen molar-refractivity contribution in [2.75, 3.05) is 23.0 Å². The number of carboxylic acid groups (broad SMARTS) is 1. The van der Waals surface area contributed by atoms with E-state index in [1.54, 1.807) is 42.5 Å². The number of amides is 2. The number of benzene rings is 3. The fraction of sp³-hybridized carbons (Fsp3) is 0.125. The second kappa shape index (κ2) is 12.6. The minimum absolute atomic E-state index is 0.0925. The van der Waals surface area contributed by atoms with Crippen LogP contribution in [0.3, 0.4) is 0 Å². The molecule has 0 unspecified atom stereocenters. The zero-order valence-electron chi connectivity index (χ0n) is 18.5. The number of carbonyl (C=O) groups excluding carboxylic acids is 2. The highest BCUT2D eigenvalue weighted by Gasteiger charge is 2.29. The molecule has 3 rings (SSSR count). The highest BCUT2D eigenvalue weighted by Crippen LogP contribution is 2.42. The van der Waals surface area contributed by atoms with Crippen molar-refractivity contribution in [3.05, 3.63) is 79.7 Å². The fourth-order valence-corrected chi connectivity index (χ4v) is 4.86. The topological polar surface area (TPSA) is 105 Å². The van der Waals surface area contributed by atoms with Crippen LogP contribution in [0.5, 0.6) is 5.75 Å². The summed E-state index contributed by atoms with van der Waals surface area (Å²) in [4.78, 5) is 37.8. The molecule has 0 aliphatic rings. The number of carboxylic acids is 1. The Morgan fingerprint density at radius 3 is 2.22 bits per heavy atom. The van der Waals surface area contributed by atoms with Gasteiger partial charge in [0.15, 0.2) is 0 Å². The number of thioether (sulfide) groups is 1. The van der Waals surface area contributed by atoms with Gasteiger partial charge >= 0.3 is 5.97 Å². The second-order valence-corrected chi connectivity index (χ2v) is 9.62. The van der Waals surface area contributed by atoms with Crippen molar-refractivity contribution in [3.8, 4) is 5.75 Å². The lowest BCUT2D eigenvalue weighted by Gasteiger charge is -2.14. The third-order valence-electron chi connectivity index (χ3n) is 4.63. The van der Waals surface area contributed by atoms with Gasteiger partial charge in [-0.1, -0.05) is 64.6 Å². The van der Waals surface area contributed by atoms with E-state index >= 15 is 0 Å². The number of hydrogen-bond donors (Lipinski definition) is 3. The maximum atomic E-state index is 12.9. The molecule has 0 aliphatic heterocycles. The van der Waals surface area contributed by atoms with Crippen LogP contribution >= 0.6 is 58.2 Å². The molecule has 0 saturated heterocycles. The van der Waals surface area contributed by atoms with Gasteiger partial charge in [0, 0.05) is 10.6 Å². The number of aromatic carboxylic acids is 1. The maximum Gasteiger partial charge on any atom is 0.338 e. The summed E-state index contributed by atoms with van der Waals surface area (Å²) in [6, 6.07) is 13.8. The van der Waals surface area contributed by atoms with E-state index in [0.717, 1.165) is 0 Å². The summed E-state index contributed by atoms with van der Waals surface area (Å²) in [5.41, 5.74) is -0.0869. The Kier molecular flexibility index (Phi) is 9.76. The van der Waals surface area contributed by atoms with Gasteiger partial charge in [-0.25, -0.2) is 4.79 Å². The van der Waals surface area contributed by atoms with E-state index in [1.165, 1.54) is 11.8 Å². The van der Waals surface area contributed by atoms with E-state index in [1.807, 2.05) is 13.0 Å². The Balaban J connectivity index is 1.73. The van der Waals surface area contributed by atoms with Gasteiger partial charge in [0.1, 0.15) is 5.75 Å². The van der Waals surface area contributed by atoms with Crippen molar-refractivity contribution in [1.82, 2.24) is 0 Å². The molecule has 36 heavy (non-hydrogen) atoms. The fourth-order valence-electron chi connectivity index (χ4n) is 3.09. The molecular formula is C24H18Cl4N2O5S. The molecule has 0 radical (unpaired) electrons. The summed E-state index contributed by atoms with van der Waals surface area (Å²) in [5.74, 6) is -1.91. The molecule has 0 bridgehead atoms. The van der Waals surface area contributed by atoms with E-state index in [9.17, 15) is 19.5 Å². The first-order valence-corrected chi connectivity index (χ1v) is 12.8. The SMILES string of the molecule is CCOc1ccccc1NC(=O)CSc1cccc(NC(=O)c2c(Cl)c(Cl)c(Cl)c(Cl)c2C(=O)O)c1. The minimum Gasteiger partial charge on any atom is -0.492 e. The Labute approximate surface area is 231 Å². The van der Waals surface area contributed by atoms with Crippen LogP contribution < -0.4 is 15.4 Å². The molecule has 0 fully saturated rings. The number of rotatable bonds is 9. The van der Waals surface area contributed by atoms with Gasteiger partial charge in [-0.3, -0.25) is 9.59 Å². The lowest BCUT2D eigenvalue weighted by molar-refractivity contribution is -0.113. The van der Waals surface area contributed by atoms with Gasteiger partial charge in [0.05, 0.1) is 49.3 Å². The van der Waals surface area contributed by atoms with Gasteiger partial charge in [-0.2, -0.15) is 0 Å². The molecule has 0 heterocycles. The molecule has 0 aromatic heterocycles. The summed E-state index contributed by atoms with van der Waals surface area (Å²) in [5, 5.41) is 13.7. The van der Waals surface area contributed by atoms with E-state index in [2.05, 4.69) is 10.6 Å². The average Bonchev–Trinajstić information content (AvgIpc) is 2.84. The first-order chi connectivity index (χ1) is 17.1. The highest BCUT2D eigenvalue weighted by molar-refractivity contribution is 8.00. The normalized spacial score (nSPS) is 10.6. The quantitative estimate of drug-likeness (QED) is 0.137. The molecule has 188 valence electrons. The Morgan fingerprint density at radius 2 is 1.56 bits per heavy atom. The molecule has 0 spiro atoms. The number of hydrogen-bond acceptors (Lipinski definition) is 5. The van der Waals surface area contributed by atoms with Crippen molar-refractivity contribution >= 4 is 87.3 Å². The van der Waals surface area contributed by atoms with Crippen LogP contribution in [0.15, 0.2) is 53.4 Å². The maximum absolute atomic E-state index is 12.9. The van der Waals surface area contributed by atoms with Crippen molar-refractivity contribution in [1.29, 1.82) is 0 Å². The smallest absolute Gasteiger partial charge is 0.338 e. The second-order valence-electron chi connectivity index (χ2n) is 7.06.